The molecule has 1 heterocycles. The summed E-state index contributed by atoms with van der Waals surface area (Å²) in [5.41, 5.74) is 0. The highest BCUT2D eigenvalue weighted by atomic mass is 15.4. The molecule has 1 aliphatic heterocycles. The average Bonchev–Trinajstić information content (AvgIpc) is 3.48. The summed E-state index contributed by atoms with van der Waals surface area (Å²) in [5.74, 6) is 0. The van der Waals surface area contributed by atoms with Gasteiger partial charge in [-0.25, -0.2) is 0 Å². The van der Waals surface area contributed by atoms with Gasteiger partial charge in [0.2, 0.25) is 0 Å². The van der Waals surface area contributed by atoms with Crippen LogP contribution in [0.25, 0.3) is 0 Å². The highest BCUT2D eigenvalue weighted by Gasteiger charge is 2.24. The molecule has 1 unspecified atom stereocenters. The zero-order valence-corrected chi connectivity index (χ0v) is 33.9. The first-order valence-electron chi connectivity index (χ1n) is 23.0. The van der Waals surface area contributed by atoms with Crippen LogP contribution in [0.4, 0.5) is 0 Å². The molecule has 0 fully saturated rings. The molecule has 48 heavy (non-hydrogen) atoms. The Labute approximate surface area is 305 Å². The van der Waals surface area contributed by atoms with Gasteiger partial charge in [0, 0.05) is 25.5 Å². The molecule has 0 N–H and O–H groups in total. The molecule has 0 aromatic heterocycles. The molecule has 0 bridgehead atoms. The van der Waals surface area contributed by atoms with Gasteiger partial charge in [-0.1, -0.05) is 239 Å². The minimum atomic E-state index is 0.637. The summed E-state index contributed by atoms with van der Waals surface area (Å²) < 4.78 is 0. The third kappa shape index (κ3) is 29.1. The van der Waals surface area contributed by atoms with Crippen LogP contribution in [0.15, 0.2) is 12.4 Å². The number of hydrogen-bond donors (Lipinski definition) is 0. The third-order valence-electron chi connectivity index (χ3n) is 11.3. The molecule has 0 amide bonds. The first kappa shape index (κ1) is 45.4. The Morgan fingerprint density at radius 3 is 0.729 bits per heavy atom. The SMILES string of the molecule is CCCCCCCCCCCCCCCCN1C=CN(CCCCCCCCCCCCCCC)C1CCCCCCCCCCCC. The summed E-state index contributed by atoms with van der Waals surface area (Å²) in [6.45, 7) is 9.49. The van der Waals surface area contributed by atoms with Crippen molar-refractivity contribution in [1.29, 1.82) is 0 Å². The Kier molecular flexibility index (Phi) is 35.5. The van der Waals surface area contributed by atoms with Gasteiger partial charge in [-0.15, -0.1) is 0 Å². The molecule has 0 aliphatic carbocycles. The van der Waals surface area contributed by atoms with E-state index < -0.39 is 0 Å². The second-order valence-corrected chi connectivity index (χ2v) is 16.1. The second-order valence-electron chi connectivity index (χ2n) is 16.1. The lowest BCUT2D eigenvalue weighted by Gasteiger charge is -2.33. The predicted molar refractivity (Wildman–Crippen MR) is 219 cm³/mol. The van der Waals surface area contributed by atoms with Crippen LogP contribution < -0.4 is 0 Å². The fraction of sp³-hybridized carbons (Fsp3) is 0.957. The summed E-state index contributed by atoms with van der Waals surface area (Å²) in [6.07, 6.45) is 60.4. The van der Waals surface area contributed by atoms with Crippen molar-refractivity contribution in [3.8, 4) is 0 Å². The van der Waals surface area contributed by atoms with Crippen LogP contribution >= 0.6 is 0 Å². The number of rotatable bonds is 40. The van der Waals surface area contributed by atoms with Crippen LogP contribution in [0.2, 0.25) is 0 Å². The molecule has 2 nitrogen and oxygen atoms in total. The van der Waals surface area contributed by atoms with E-state index in [9.17, 15) is 0 Å². The largest absolute Gasteiger partial charge is 0.356 e. The summed E-state index contributed by atoms with van der Waals surface area (Å²) in [5, 5.41) is 0. The van der Waals surface area contributed by atoms with Crippen LogP contribution in [0.3, 0.4) is 0 Å². The van der Waals surface area contributed by atoms with Crippen molar-refractivity contribution in [3.63, 3.8) is 0 Å². The minimum absolute atomic E-state index is 0.637. The molecule has 1 aliphatic rings. The normalized spacial score (nSPS) is 14.6. The van der Waals surface area contributed by atoms with Crippen molar-refractivity contribution in [2.24, 2.45) is 0 Å². The van der Waals surface area contributed by atoms with Gasteiger partial charge in [0.25, 0.3) is 0 Å². The standard InChI is InChI=1S/C46H92N2/c1-4-7-10-13-16-19-22-24-26-28-31-34-37-40-43-48-45-44-47(46(48)41-38-35-32-29-21-18-15-12-9-6-3)42-39-36-33-30-27-25-23-20-17-14-11-8-5-2/h44-46H,4-43H2,1-3H3. The van der Waals surface area contributed by atoms with E-state index in [1.165, 1.54) is 257 Å². The summed E-state index contributed by atoms with van der Waals surface area (Å²) in [7, 11) is 0. The van der Waals surface area contributed by atoms with Crippen LogP contribution in [0, 0.1) is 0 Å². The molecule has 0 aromatic rings. The fourth-order valence-corrected chi connectivity index (χ4v) is 7.95. The Morgan fingerprint density at radius 1 is 0.271 bits per heavy atom. The Bertz CT molecular complexity index is 630. The van der Waals surface area contributed by atoms with Crippen LogP contribution in [0.5, 0.6) is 0 Å². The maximum Gasteiger partial charge on any atom is 0.101 e. The summed E-state index contributed by atoms with van der Waals surface area (Å²) in [6, 6.07) is 0. The molecule has 1 atom stereocenters. The summed E-state index contributed by atoms with van der Waals surface area (Å²) >= 11 is 0. The van der Waals surface area contributed by atoms with Gasteiger partial charge in [0.15, 0.2) is 0 Å². The first-order valence-corrected chi connectivity index (χ1v) is 23.0. The van der Waals surface area contributed by atoms with E-state index in [0.717, 1.165) is 0 Å². The van der Waals surface area contributed by atoms with Gasteiger partial charge in [0.05, 0.1) is 0 Å². The Balaban J connectivity index is 2.20. The van der Waals surface area contributed by atoms with E-state index in [1.54, 1.807) is 0 Å². The highest BCUT2D eigenvalue weighted by molar-refractivity contribution is 4.97. The van der Waals surface area contributed by atoms with Crippen LogP contribution in [-0.4, -0.2) is 29.1 Å². The highest BCUT2D eigenvalue weighted by Crippen LogP contribution is 2.24. The fourth-order valence-electron chi connectivity index (χ4n) is 7.95. The smallest absolute Gasteiger partial charge is 0.101 e. The lowest BCUT2D eigenvalue weighted by atomic mass is 10.0. The third-order valence-corrected chi connectivity index (χ3v) is 11.3. The molecule has 0 radical (unpaired) electrons. The van der Waals surface area contributed by atoms with Gasteiger partial charge in [-0.05, 0) is 25.7 Å². The van der Waals surface area contributed by atoms with Crippen molar-refractivity contribution >= 4 is 0 Å². The monoisotopic (exact) mass is 673 g/mol. The van der Waals surface area contributed by atoms with Crippen LogP contribution in [0.1, 0.15) is 265 Å². The molecular weight excluding hydrogens is 581 g/mol. The van der Waals surface area contributed by atoms with E-state index in [0.29, 0.717) is 6.17 Å². The zero-order valence-electron chi connectivity index (χ0n) is 33.9. The molecular formula is C46H92N2. The van der Waals surface area contributed by atoms with E-state index in [-0.39, 0.29) is 0 Å². The zero-order chi connectivity index (χ0) is 34.4. The number of nitrogens with zero attached hydrogens (tertiary/aromatic N) is 2. The Hall–Kier alpha value is -0.660. The molecule has 286 valence electrons. The lowest BCUT2D eigenvalue weighted by Crippen LogP contribution is -2.39. The van der Waals surface area contributed by atoms with Crippen LogP contribution in [-0.2, 0) is 0 Å². The van der Waals surface area contributed by atoms with Crippen molar-refractivity contribution in [2.45, 2.75) is 271 Å². The van der Waals surface area contributed by atoms with Crippen molar-refractivity contribution in [1.82, 2.24) is 9.80 Å². The molecule has 0 spiro atoms. The van der Waals surface area contributed by atoms with Gasteiger partial charge in [0.1, 0.15) is 6.17 Å². The second kappa shape index (κ2) is 37.6. The molecule has 0 saturated carbocycles. The van der Waals surface area contributed by atoms with Crippen molar-refractivity contribution in [3.05, 3.63) is 12.4 Å². The van der Waals surface area contributed by atoms with E-state index in [2.05, 4.69) is 43.0 Å². The van der Waals surface area contributed by atoms with Gasteiger partial charge < -0.3 is 9.80 Å². The molecule has 0 aromatic carbocycles. The quantitative estimate of drug-likeness (QED) is 0.0598. The molecule has 2 heteroatoms. The number of unbranched alkanes of at least 4 members (excludes halogenated alkanes) is 34. The number of hydrogen-bond acceptors (Lipinski definition) is 2. The van der Waals surface area contributed by atoms with E-state index in [4.69, 9.17) is 0 Å². The van der Waals surface area contributed by atoms with Crippen molar-refractivity contribution < 1.29 is 0 Å². The maximum atomic E-state index is 2.73. The molecule has 0 saturated heterocycles. The predicted octanol–water partition coefficient (Wildman–Crippen LogP) is 16.3. The summed E-state index contributed by atoms with van der Waals surface area (Å²) in [4.78, 5) is 5.46. The average molecular weight is 673 g/mol. The lowest BCUT2D eigenvalue weighted by molar-refractivity contribution is 0.135. The minimum Gasteiger partial charge on any atom is -0.356 e. The van der Waals surface area contributed by atoms with Gasteiger partial charge in [-0.3, -0.25) is 0 Å². The van der Waals surface area contributed by atoms with E-state index in [1.807, 2.05) is 0 Å². The Morgan fingerprint density at radius 2 is 0.479 bits per heavy atom. The van der Waals surface area contributed by atoms with Gasteiger partial charge >= 0.3 is 0 Å². The topological polar surface area (TPSA) is 6.48 Å². The first-order chi connectivity index (χ1) is 23.8. The maximum absolute atomic E-state index is 2.73. The molecule has 1 rings (SSSR count). The van der Waals surface area contributed by atoms with Gasteiger partial charge in [-0.2, -0.15) is 0 Å². The van der Waals surface area contributed by atoms with Crippen molar-refractivity contribution in [2.75, 3.05) is 13.1 Å². The van der Waals surface area contributed by atoms with E-state index >= 15 is 0 Å².